The summed E-state index contributed by atoms with van der Waals surface area (Å²) in [5, 5.41) is 10.7. The fourth-order valence-electron chi connectivity index (χ4n) is 2.28. The lowest BCUT2D eigenvalue weighted by Crippen LogP contribution is -2.40. The lowest BCUT2D eigenvalue weighted by atomic mass is 10.0. The molecule has 1 aliphatic carbocycles. The second kappa shape index (κ2) is 4.33. The number of alkyl halides is 1. The SMILES string of the molecule is C[C@H](Cc1cccc2[nH]ncc12)NC(=O)C1(F)CC1. The molecule has 1 amide bonds. The first kappa shape index (κ1) is 12.1. The number of carbonyl (C=O) groups excluding carboxylic acids is 1. The Labute approximate surface area is 110 Å². The van der Waals surface area contributed by atoms with Crippen LogP contribution in [0.1, 0.15) is 25.3 Å². The first-order valence-electron chi connectivity index (χ1n) is 6.49. The van der Waals surface area contributed by atoms with E-state index in [2.05, 4.69) is 15.5 Å². The molecule has 4 nitrogen and oxygen atoms in total. The molecule has 0 unspecified atom stereocenters. The zero-order chi connectivity index (χ0) is 13.5. The second-order valence-electron chi connectivity index (χ2n) is 5.29. The standard InChI is InChI=1S/C14H16FN3O/c1-9(17-13(19)14(15)5-6-14)7-10-3-2-4-12-11(10)8-16-18-12/h2-4,8-9H,5-7H2,1H3,(H,16,18)(H,17,19)/t9-/m1/s1. The number of fused-ring (bicyclic) bond motifs is 1. The van der Waals surface area contributed by atoms with Crippen LogP contribution in [0.15, 0.2) is 24.4 Å². The van der Waals surface area contributed by atoms with Crippen molar-refractivity contribution in [3.05, 3.63) is 30.0 Å². The van der Waals surface area contributed by atoms with Gasteiger partial charge in [-0.3, -0.25) is 9.89 Å². The van der Waals surface area contributed by atoms with Gasteiger partial charge >= 0.3 is 0 Å². The monoisotopic (exact) mass is 261 g/mol. The van der Waals surface area contributed by atoms with Gasteiger partial charge in [0, 0.05) is 11.4 Å². The van der Waals surface area contributed by atoms with Crippen LogP contribution in [0.2, 0.25) is 0 Å². The maximum atomic E-state index is 13.6. The molecule has 1 aliphatic rings. The molecule has 100 valence electrons. The zero-order valence-electron chi connectivity index (χ0n) is 10.7. The number of hydrogen-bond acceptors (Lipinski definition) is 2. The van der Waals surface area contributed by atoms with Gasteiger partial charge in [-0.05, 0) is 37.8 Å². The molecule has 3 rings (SSSR count). The molecule has 0 aliphatic heterocycles. The Kier molecular flexibility index (Phi) is 2.77. The third kappa shape index (κ3) is 2.32. The molecule has 5 heteroatoms. The number of aromatic nitrogens is 2. The number of aromatic amines is 1. The minimum absolute atomic E-state index is 0.0961. The van der Waals surface area contributed by atoms with Crippen LogP contribution in [-0.4, -0.2) is 27.8 Å². The molecule has 1 aromatic carbocycles. The van der Waals surface area contributed by atoms with Crippen molar-refractivity contribution in [3.63, 3.8) is 0 Å². The summed E-state index contributed by atoms with van der Waals surface area (Å²) < 4.78 is 13.6. The molecule has 2 aromatic rings. The lowest BCUT2D eigenvalue weighted by Gasteiger charge is -2.16. The van der Waals surface area contributed by atoms with Crippen molar-refractivity contribution >= 4 is 16.8 Å². The van der Waals surface area contributed by atoms with E-state index in [1.165, 1.54) is 0 Å². The van der Waals surface area contributed by atoms with E-state index in [0.717, 1.165) is 16.5 Å². The summed E-state index contributed by atoms with van der Waals surface area (Å²) >= 11 is 0. The third-order valence-electron chi connectivity index (χ3n) is 3.57. The van der Waals surface area contributed by atoms with E-state index < -0.39 is 11.6 Å². The third-order valence-corrected chi connectivity index (χ3v) is 3.57. The predicted molar refractivity (Wildman–Crippen MR) is 70.5 cm³/mol. The Morgan fingerprint density at radius 1 is 1.58 bits per heavy atom. The Morgan fingerprint density at radius 3 is 3.11 bits per heavy atom. The van der Waals surface area contributed by atoms with Crippen LogP contribution < -0.4 is 5.32 Å². The molecule has 1 fully saturated rings. The molecule has 0 saturated heterocycles. The van der Waals surface area contributed by atoms with Crippen LogP contribution in [0, 0.1) is 0 Å². The van der Waals surface area contributed by atoms with Gasteiger partial charge in [-0.15, -0.1) is 0 Å². The van der Waals surface area contributed by atoms with Crippen LogP contribution in [-0.2, 0) is 11.2 Å². The normalized spacial score (nSPS) is 18.2. The molecule has 0 spiro atoms. The van der Waals surface area contributed by atoms with E-state index in [1.54, 1.807) is 6.20 Å². The minimum Gasteiger partial charge on any atom is -0.351 e. The Hall–Kier alpha value is -1.91. The van der Waals surface area contributed by atoms with E-state index in [9.17, 15) is 9.18 Å². The van der Waals surface area contributed by atoms with Crippen molar-refractivity contribution in [1.29, 1.82) is 0 Å². The molecule has 0 radical (unpaired) electrons. The van der Waals surface area contributed by atoms with Crippen molar-refractivity contribution in [2.24, 2.45) is 0 Å². The molecule has 1 heterocycles. The molecule has 1 atom stereocenters. The van der Waals surface area contributed by atoms with E-state index in [1.807, 2.05) is 25.1 Å². The highest BCUT2D eigenvalue weighted by atomic mass is 19.1. The summed E-state index contributed by atoms with van der Waals surface area (Å²) in [5.41, 5.74) is 0.471. The van der Waals surface area contributed by atoms with E-state index in [0.29, 0.717) is 19.3 Å². The number of rotatable bonds is 4. The number of nitrogens with one attached hydrogen (secondary N) is 2. The van der Waals surface area contributed by atoms with Gasteiger partial charge in [0.25, 0.3) is 5.91 Å². The van der Waals surface area contributed by atoms with Gasteiger partial charge in [0.15, 0.2) is 5.67 Å². The highest BCUT2D eigenvalue weighted by Gasteiger charge is 2.51. The second-order valence-corrected chi connectivity index (χ2v) is 5.29. The first-order valence-corrected chi connectivity index (χ1v) is 6.49. The fourth-order valence-corrected chi connectivity index (χ4v) is 2.28. The highest BCUT2D eigenvalue weighted by molar-refractivity contribution is 5.88. The summed E-state index contributed by atoms with van der Waals surface area (Å²) in [7, 11) is 0. The number of nitrogens with zero attached hydrogens (tertiary/aromatic N) is 1. The summed E-state index contributed by atoms with van der Waals surface area (Å²) in [6.45, 7) is 1.89. The van der Waals surface area contributed by atoms with Gasteiger partial charge in [0.2, 0.25) is 0 Å². The Bertz CT molecular complexity index is 618. The molecular weight excluding hydrogens is 245 g/mol. The number of benzene rings is 1. The highest BCUT2D eigenvalue weighted by Crippen LogP contribution is 2.39. The van der Waals surface area contributed by atoms with E-state index >= 15 is 0 Å². The average molecular weight is 261 g/mol. The van der Waals surface area contributed by atoms with Crippen LogP contribution in [0.25, 0.3) is 10.9 Å². The van der Waals surface area contributed by atoms with Gasteiger partial charge < -0.3 is 5.32 Å². The Balaban J connectivity index is 1.70. The smallest absolute Gasteiger partial charge is 0.257 e. The molecule has 0 bridgehead atoms. The lowest BCUT2D eigenvalue weighted by molar-refractivity contribution is -0.128. The topological polar surface area (TPSA) is 57.8 Å². The van der Waals surface area contributed by atoms with Crippen molar-refractivity contribution in [2.75, 3.05) is 0 Å². The van der Waals surface area contributed by atoms with E-state index in [4.69, 9.17) is 0 Å². The van der Waals surface area contributed by atoms with Crippen LogP contribution in [0.3, 0.4) is 0 Å². The van der Waals surface area contributed by atoms with Gasteiger partial charge in [0.05, 0.1) is 11.7 Å². The first-order chi connectivity index (χ1) is 9.08. The quantitative estimate of drug-likeness (QED) is 0.885. The van der Waals surface area contributed by atoms with Crippen molar-refractivity contribution < 1.29 is 9.18 Å². The van der Waals surface area contributed by atoms with Crippen molar-refractivity contribution in [1.82, 2.24) is 15.5 Å². The van der Waals surface area contributed by atoms with Gasteiger partial charge in [-0.2, -0.15) is 5.10 Å². The summed E-state index contributed by atoms with van der Waals surface area (Å²) in [6, 6.07) is 5.81. The van der Waals surface area contributed by atoms with Crippen LogP contribution in [0.5, 0.6) is 0 Å². The number of hydrogen-bond donors (Lipinski definition) is 2. The van der Waals surface area contributed by atoms with Crippen LogP contribution >= 0.6 is 0 Å². The van der Waals surface area contributed by atoms with Gasteiger partial charge in [-0.25, -0.2) is 4.39 Å². The molecule has 1 saturated carbocycles. The number of carbonyl (C=O) groups is 1. The van der Waals surface area contributed by atoms with E-state index in [-0.39, 0.29) is 6.04 Å². The number of amides is 1. The molecule has 1 aromatic heterocycles. The van der Waals surface area contributed by atoms with Gasteiger partial charge in [0.1, 0.15) is 0 Å². The summed E-state index contributed by atoms with van der Waals surface area (Å²) in [4.78, 5) is 11.6. The Morgan fingerprint density at radius 2 is 2.37 bits per heavy atom. The number of H-pyrrole nitrogens is 1. The molecule has 19 heavy (non-hydrogen) atoms. The minimum atomic E-state index is -1.60. The predicted octanol–water partition coefficient (Wildman–Crippen LogP) is 2.11. The van der Waals surface area contributed by atoms with Crippen molar-refractivity contribution in [3.8, 4) is 0 Å². The zero-order valence-corrected chi connectivity index (χ0v) is 10.7. The summed E-state index contributed by atoms with van der Waals surface area (Å²) in [6.07, 6.45) is 3.14. The summed E-state index contributed by atoms with van der Waals surface area (Å²) in [5.74, 6) is -0.473. The van der Waals surface area contributed by atoms with Crippen molar-refractivity contribution in [2.45, 2.75) is 37.9 Å². The largest absolute Gasteiger partial charge is 0.351 e. The maximum Gasteiger partial charge on any atom is 0.257 e. The van der Waals surface area contributed by atoms with Gasteiger partial charge in [-0.1, -0.05) is 12.1 Å². The van der Waals surface area contributed by atoms with Crippen LogP contribution in [0.4, 0.5) is 4.39 Å². The average Bonchev–Trinajstić information content (AvgIpc) is 2.94. The maximum absolute atomic E-state index is 13.6. The molecular formula is C14H16FN3O. The molecule has 2 N–H and O–H groups in total. The fraction of sp³-hybridized carbons (Fsp3) is 0.429. The number of halogens is 1.